The first kappa shape index (κ1) is 16.3. The van der Waals surface area contributed by atoms with Crippen molar-refractivity contribution in [2.24, 2.45) is 0 Å². The Labute approximate surface area is 140 Å². The zero-order chi connectivity index (χ0) is 16.8. The van der Waals surface area contributed by atoms with E-state index in [0.717, 1.165) is 16.5 Å². The summed E-state index contributed by atoms with van der Waals surface area (Å²) in [5.41, 5.74) is 1.78. The second-order valence-corrected chi connectivity index (χ2v) is 19.4. The molecule has 0 amide bonds. The molecule has 3 aromatic rings. The number of aromatic nitrogens is 1. The van der Waals surface area contributed by atoms with Gasteiger partial charge in [-0.2, -0.15) is 0 Å². The minimum atomic E-state index is -3.56. The van der Waals surface area contributed by atoms with Crippen LogP contribution >= 0.6 is 0 Å². The first-order chi connectivity index (χ1) is 10.7. The first-order valence-electron chi connectivity index (χ1n) is 7.63. The summed E-state index contributed by atoms with van der Waals surface area (Å²) in [6.45, 7) is 1.95. The number of hydrogen-bond donors (Lipinski definition) is 0. The Kier molecular flexibility index (Phi) is 3.93. The monoisotopic (exact) mass is 389 g/mol. The molecule has 0 radical (unpaired) electrons. The molecule has 0 aliphatic carbocycles. The molecule has 3 nitrogen and oxygen atoms in total. The van der Waals surface area contributed by atoms with E-state index in [9.17, 15) is 8.42 Å². The minimum absolute atomic E-state index is 0.318. The van der Waals surface area contributed by atoms with E-state index in [-0.39, 0.29) is 0 Å². The van der Waals surface area contributed by atoms with Crippen LogP contribution in [-0.4, -0.2) is 25.7 Å². The molecule has 0 unspecified atom stereocenters. The maximum atomic E-state index is 12.9. The van der Waals surface area contributed by atoms with Crippen molar-refractivity contribution < 1.29 is 8.42 Å². The summed E-state index contributed by atoms with van der Waals surface area (Å²) in [6, 6.07) is 15.0. The van der Waals surface area contributed by atoms with Crippen molar-refractivity contribution in [2.75, 3.05) is 0 Å². The first-order valence-corrected chi connectivity index (χ1v) is 16.4. The van der Waals surface area contributed by atoms with Crippen LogP contribution in [0.25, 0.3) is 10.9 Å². The molecule has 0 bridgehead atoms. The van der Waals surface area contributed by atoms with Gasteiger partial charge in [-0.25, -0.2) is 0 Å². The van der Waals surface area contributed by atoms with Gasteiger partial charge in [0.15, 0.2) is 0 Å². The molecular weight excluding hydrogens is 367 g/mol. The number of nitrogens with zero attached hydrogens (tertiary/aromatic N) is 1. The molecule has 5 heteroatoms. The van der Waals surface area contributed by atoms with E-state index in [2.05, 4.69) is 29.4 Å². The van der Waals surface area contributed by atoms with Gasteiger partial charge in [-0.1, -0.05) is 0 Å². The summed E-state index contributed by atoms with van der Waals surface area (Å²) in [4.78, 5) is 0.318. The van der Waals surface area contributed by atoms with E-state index in [1.54, 1.807) is 18.3 Å². The summed E-state index contributed by atoms with van der Waals surface area (Å²) in [5, 5.41) is 0.985. The van der Waals surface area contributed by atoms with Gasteiger partial charge in [0.25, 0.3) is 0 Å². The van der Waals surface area contributed by atoms with Gasteiger partial charge in [0, 0.05) is 0 Å². The fourth-order valence-electron chi connectivity index (χ4n) is 2.62. The van der Waals surface area contributed by atoms with Crippen molar-refractivity contribution in [3.63, 3.8) is 0 Å². The number of benzene rings is 2. The van der Waals surface area contributed by atoms with Crippen LogP contribution in [0.2, 0.25) is 17.3 Å². The Morgan fingerprint density at radius 2 is 1.57 bits per heavy atom. The third kappa shape index (κ3) is 2.97. The van der Waals surface area contributed by atoms with Crippen LogP contribution in [0.1, 0.15) is 5.56 Å². The third-order valence-electron chi connectivity index (χ3n) is 4.10. The molecule has 0 atom stereocenters. The molecule has 120 valence electrons. The predicted octanol–water partition coefficient (Wildman–Crippen LogP) is 3.73. The van der Waals surface area contributed by atoms with Gasteiger partial charge in [-0.15, -0.1) is 0 Å². The zero-order valence-corrected chi connectivity index (χ0v) is 16.8. The van der Waals surface area contributed by atoms with Crippen molar-refractivity contribution in [2.45, 2.75) is 29.1 Å². The average Bonchev–Trinajstić information content (AvgIpc) is 2.90. The topological polar surface area (TPSA) is 39.1 Å². The molecular formula is C18H21GeNO2S. The summed E-state index contributed by atoms with van der Waals surface area (Å²) in [6.07, 6.45) is 1.65. The standard InChI is InChI=1S/C18H21GeNO2S/c1-14-5-8-17(9-6-14)23(21,22)20-12-11-15-13-16(19(2,3)4)7-10-18(15)20/h5-13H,1-4H3. The van der Waals surface area contributed by atoms with Crippen LogP contribution in [0, 0.1) is 6.92 Å². The fourth-order valence-corrected chi connectivity index (χ4v) is 6.43. The van der Waals surface area contributed by atoms with Crippen LogP contribution in [0.5, 0.6) is 0 Å². The molecule has 0 fully saturated rings. The molecule has 0 saturated heterocycles. The van der Waals surface area contributed by atoms with Crippen LogP contribution in [0.15, 0.2) is 59.6 Å². The van der Waals surface area contributed by atoms with E-state index in [1.165, 1.54) is 8.37 Å². The SMILES string of the molecule is Cc1ccc(S(=O)(=O)n2ccc3c[c]([Ge]([CH3])([CH3])[CH3])ccc32)cc1. The Bertz CT molecular complexity index is 964. The molecule has 1 heterocycles. The molecule has 3 rings (SSSR count). The Balaban J connectivity index is 2.15. The predicted molar refractivity (Wildman–Crippen MR) is 98.7 cm³/mol. The van der Waals surface area contributed by atoms with Gasteiger partial charge in [0.2, 0.25) is 0 Å². The van der Waals surface area contributed by atoms with Gasteiger partial charge in [0.1, 0.15) is 0 Å². The van der Waals surface area contributed by atoms with Gasteiger partial charge < -0.3 is 0 Å². The second-order valence-electron chi connectivity index (χ2n) is 6.95. The summed E-state index contributed by atoms with van der Waals surface area (Å²) >= 11 is -1.92. The van der Waals surface area contributed by atoms with Crippen LogP contribution in [0.3, 0.4) is 0 Å². The maximum absolute atomic E-state index is 12.9. The molecule has 0 aliphatic rings. The van der Waals surface area contributed by atoms with Crippen LogP contribution in [0.4, 0.5) is 0 Å². The number of rotatable bonds is 3. The second kappa shape index (κ2) is 5.53. The molecule has 23 heavy (non-hydrogen) atoms. The summed E-state index contributed by atoms with van der Waals surface area (Å²) in [5.74, 6) is 7.00. The van der Waals surface area contributed by atoms with Crippen LogP contribution < -0.4 is 4.40 Å². The van der Waals surface area contributed by atoms with Gasteiger partial charge >= 0.3 is 140 Å². The van der Waals surface area contributed by atoms with Crippen molar-refractivity contribution >= 4 is 38.6 Å². The number of fused-ring (bicyclic) bond motifs is 1. The Morgan fingerprint density at radius 1 is 0.913 bits per heavy atom. The van der Waals surface area contributed by atoms with E-state index < -0.39 is 23.3 Å². The molecule has 0 spiro atoms. The molecule has 2 aromatic carbocycles. The normalized spacial score (nSPS) is 12.7. The summed E-state index contributed by atoms with van der Waals surface area (Å²) < 4.78 is 28.5. The Morgan fingerprint density at radius 3 is 2.17 bits per heavy atom. The van der Waals surface area contributed by atoms with Gasteiger partial charge in [-0.05, 0) is 0 Å². The zero-order valence-electron chi connectivity index (χ0n) is 13.9. The van der Waals surface area contributed by atoms with Crippen molar-refractivity contribution in [1.82, 2.24) is 3.97 Å². The number of aryl methyl sites for hydroxylation is 1. The van der Waals surface area contributed by atoms with Crippen molar-refractivity contribution in [1.29, 1.82) is 0 Å². The third-order valence-corrected chi connectivity index (χ3v) is 10.1. The van der Waals surface area contributed by atoms with E-state index in [0.29, 0.717) is 4.90 Å². The van der Waals surface area contributed by atoms with Gasteiger partial charge in [-0.3, -0.25) is 0 Å². The molecule has 0 aliphatic heterocycles. The van der Waals surface area contributed by atoms with E-state index in [4.69, 9.17) is 0 Å². The molecule has 1 aromatic heterocycles. The summed E-state index contributed by atoms with van der Waals surface area (Å²) in [7, 11) is -3.56. The molecule has 0 saturated carbocycles. The van der Waals surface area contributed by atoms with E-state index in [1.807, 2.05) is 31.2 Å². The van der Waals surface area contributed by atoms with Crippen molar-refractivity contribution in [3.05, 3.63) is 60.3 Å². The van der Waals surface area contributed by atoms with Gasteiger partial charge in [0.05, 0.1) is 0 Å². The Hall–Kier alpha value is -1.53. The fraction of sp³-hybridized carbons (Fsp3) is 0.222. The number of hydrogen-bond acceptors (Lipinski definition) is 2. The van der Waals surface area contributed by atoms with Crippen LogP contribution in [-0.2, 0) is 10.0 Å². The van der Waals surface area contributed by atoms with Crippen molar-refractivity contribution in [3.8, 4) is 0 Å². The quantitative estimate of drug-likeness (QED) is 0.642. The van der Waals surface area contributed by atoms with E-state index >= 15 is 0 Å². The average molecular weight is 388 g/mol. The molecule has 0 N–H and O–H groups in total.